The van der Waals surface area contributed by atoms with Gasteiger partial charge in [-0.2, -0.15) is 0 Å². The van der Waals surface area contributed by atoms with E-state index in [4.69, 9.17) is 14.5 Å². The summed E-state index contributed by atoms with van der Waals surface area (Å²) >= 11 is 0. The Labute approximate surface area is 167 Å². The monoisotopic (exact) mass is 382 g/mol. The molecule has 2 bridgehead atoms. The van der Waals surface area contributed by atoms with Crippen molar-refractivity contribution >= 4 is 11.6 Å². The lowest BCUT2D eigenvalue weighted by Gasteiger charge is -2.38. The van der Waals surface area contributed by atoms with Crippen LogP contribution in [0.25, 0.3) is 0 Å². The Morgan fingerprint density at radius 2 is 2.11 bits per heavy atom. The number of nitrogens with zero attached hydrogens (tertiary/aromatic N) is 2. The summed E-state index contributed by atoms with van der Waals surface area (Å²) in [4.78, 5) is 20.3. The predicted molar refractivity (Wildman–Crippen MR) is 109 cm³/mol. The summed E-state index contributed by atoms with van der Waals surface area (Å²) in [6, 6.07) is 8.23. The summed E-state index contributed by atoms with van der Waals surface area (Å²) in [5.41, 5.74) is 1.03. The standard InChI is InChI=1S/C23H30N2O3/c1-6-12-22-14-23(25(4)21(22)26)19(24-20(7-2)28-23)13-18(15(22)3)16-8-10-17(27-5)11-9-16/h6,8-11,15,18,20H,1,7,12-14H2,2-5H3/t15-,18+,20-,22+,23+/m1/s1. The van der Waals surface area contributed by atoms with Gasteiger partial charge in [0.05, 0.1) is 18.2 Å². The van der Waals surface area contributed by atoms with Gasteiger partial charge in [-0.1, -0.05) is 32.1 Å². The van der Waals surface area contributed by atoms with Gasteiger partial charge in [0.25, 0.3) is 0 Å². The van der Waals surface area contributed by atoms with Crippen molar-refractivity contribution in [2.24, 2.45) is 16.3 Å². The van der Waals surface area contributed by atoms with E-state index < -0.39 is 11.1 Å². The van der Waals surface area contributed by atoms with Crippen LogP contribution < -0.4 is 4.74 Å². The number of hydrogen-bond donors (Lipinski definition) is 0. The Bertz CT molecular complexity index is 818. The maximum absolute atomic E-state index is 13.6. The average molecular weight is 383 g/mol. The molecule has 0 unspecified atom stereocenters. The van der Waals surface area contributed by atoms with Gasteiger partial charge in [0.15, 0.2) is 12.0 Å². The highest BCUT2D eigenvalue weighted by Gasteiger charge is 2.67. The number of amides is 1. The third kappa shape index (κ3) is 2.48. The number of carbonyl (C=O) groups excluding carboxylic acids is 1. The molecule has 28 heavy (non-hydrogen) atoms. The van der Waals surface area contributed by atoms with Crippen molar-refractivity contribution in [2.75, 3.05) is 14.2 Å². The summed E-state index contributed by atoms with van der Waals surface area (Å²) in [6.45, 7) is 8.25. The fourth-order valence-electron chi connectivity index (χ4n) is 5.50. The van der Waals surface area contributed by atoms with Crippen LogP contribution in [-0.4, -0.2) is 42.6 Å². The van der Waals surface area contributed by atoms with Crippen LogP contribution in [0.2, 0.25) is 0 Å². The van der Waals surface area contributed by atoms with Crippen LogP contribution in [0.1, 0.15) is 51.0 Å². The normalized spacial score (nSPS) is 36.7. The van der Waals surface area contributed by atoms with Gasteiger partial charge in [-0.25, -0.2) is 0 Å². The van der Waals surface area contributed by atoms with Crippen molar-refractivity contribution in [3.8, 4) is 5.75 Å². The van der Waals surface area contributed by atoms with Crippen molar-refractivity contribution in [3.05, 3.63) is 42.5 Å². The van der Waals surface area contributed by atoms with E-state index in [0.717, 1.165) is 24.3 Å². The minimum absolute atomic E-state index is 0.144. The van der Waals surface area contributed by atoms with Gasteiger partial charge < -0.3 is 14.4 Å². The van der Waals surface area contributed by atoms with Crippen molar-refractivity contribution < 1.29 is 14.3 Å². The molecule has 0 aromatic heterocycles. The van der Waals surface area contributed by atoms with Crippen LogP contribution in [0.15, 0.2) is 41.9 Å². The third-order valence-electron chi connectivity index (χ3n) is 7.20. The SMILES string of the molecule is C=CC[C@]12C[C@@]3(O[C@H](CC)N=C3C[C@H](c3ccc(OC)cc3)[C@H]1C)N(C)C2=O. The van der Waals surface area contributed by atoms with Crippen LogP contribution in [0.3, 0.4) is 0 Å². The van der Waals surface area contributed by atoms with Gasteiger partial charge in [-0.15, -0.1) is 6.58 Å². The molecule has 0 N–H and O–H groups in total. The summed E-state index contributed by atoms with van der Waals surface area (Å²) in [5.74, 6) is 1.34. The number of methoxy groups -OCH3 is 1. The summed E-state index contributed by atoms with van der Waals surface area (Å²) in [7, 11) is 3.55. The molecule has 2 heterocycles. The highest BCUT2D eigenvalue weighted by Crippen LogP contribution is 2.59. The molecular formula is C23H30N2O3. The predicted octanol–water partition coefficient (Wildman–Crippen LogP) is 4.15. The highest BCUT2D eigenvalue weighted by atomic mass is 16.6. The van der Waals surface area contributed by atoms with E-state index in [9.17, 15) is 4.79 Å². The van der Waals surface area contributed by atoms with Crippen molar-refractivity contribution in [1.82, 2.24) is 4.90 Å². The first-order chi connectivity index (χ1) is 13.4. The molecule has 2 aliphatic heterocycles. The number of allylic oxidation sites excluding steroid dienone is 1. The summed E-state index contributed by atoms with van der Waals surface area (Å²) in [5, 5.41) is 0. The molecule has 4 rings (SSSR count). The Morgan fingerprint density at radius 3 is 2.71 bits per heavy atom. The number of carbonyl (C=O) groups is 1. The van der Waals surface area contributed by atoms with Gasteiger partial charge in [0.1, 0.15) is 5.75 Å². The fourth-order valence-corrected chi connectivity index (χ4v) is 5.50. The first-order valence-electron chi connectivity index (χ1n) is 10.2. The van der Waals surface area contributed by atoms with Gasteiger partial charge in [0.2, 0.25) is 5.91 Å². The summed E-state index contributed by atoms with van der Waals surface area (Å²) < 4.78 is 11.8. The second-order valence-electron chi connectivity index (χ2n) is 8.40. The van der Waals surface area contributed by atoms with Crippen molar-refractivity contribution in [3.63, 3.8) is 0 Å². The van der Waals surface area contributed by atoms with Gasteiger partial charge in [-0.3, -0.25) is 9.79 Å². The molecule has 5 heteroatoms. The van der Waals surface area contributed by atoms with Crippen LogP contribution in [0.5, 0.6) is 5.75 Å². The number of hydrogen-bond acceptors (Lipinski definition) is 4. The van der Waals surface area contributed by atoms with Crippen LogP contribution in [0.4, 0.5) is 0 Å². The number of rotatable bonds is 5. The lowest BCUT2D eigenvalue weighted by atomic mass is 9.66. The van der Waals surface area contributed by atoms with Gasteiger partial charge in [0, 0.05) is 13.5 Å². The molecule has 5 nitrogen and oxygen atoms in total. The number of aliphatic imine (C=N–C) groups is 1. The first-order valence-corrected chi connectivity index (χ1v) is 10.2. The van der Waals surface area contributed by atoms with E-state index in [-0.39, 0.29) is 24.0 Å². The Morgan fingerprint density at radius 1 is 1.39 bits per heavy atom. The molecule has 2 fully saturated rings. The van der Waals surface area contributed by atoms with E-state index in [2.05, 4.69) is 32.6 Å². The van der Waals surface area contributed by atoms with E-state index in [1.807, 2.05) is 30.2 Å². The largest absolute Gasteiger partial charge is 0.497 e. The Balaban J connectivity index is 1.84. The van der Waals surface area contributed by atoms with E-state index in [1.165, 1.54) is 5.56 Å². The van der Waals surface area contributed by atoms with Crippen LogP contribution >= 0.6 is 0 Å². The first kappa shape index (κ1) is 19.2. The lowest BCUT2D eigenvalue weighted by Crippen LogP contribution is -2.51. The minimum atomic E-state index is -0.698. The van der Waals surface area contributed by atoms with Crippen molar-refractivity contribution in [1.29, 1.82) is 0 Å². The fraction of sp³-hybridized carbons (Fsp3) is 0.565. The maximum atomic E-state index is 13.6. The molecule has 1 saturated heterocycles. The zero-order chi connectivity index (χ0) is 20.1. The van der Waals surface area contributed by atoms with E-state index in [0.29, 0.717) is 12.8 Å². The number of benzene rings is 1. The minimum Gasteiger partial charge on any atom is -0.497 e. The molecule has 1 amide bonds. The zero-order valence-electron chi connectivity index (χ0n) is 17.3. The summed E-state index contributed by atoms with van der Waals surface area (Å²) in [6.07, 6.45) is 4.64. The molecule has 1 saturated carbocycles. The smallest absolute Gasteiger partial charge is 0.231 e. The molecule has 1 aliphatic carbocycles. The maximum Gasteiger partial charge on any atom is 0.231 e. The molecular weight excluding hydrogens is 352 g/mol. The number of ether oxygens (including phenoxy) is 2. The molecule has 3 aliphatic rings. The number of likely N-dealkylation sites (tertiary alicyclic amines) is 1. The molecule has 5 atom stereocenters. The molecule has 1 aromatic rings. The van der Waals surface area contributed by atoms with Crippen LogP contribution in [-0.2, 0) is 9.53 Å². The second-order valence-corrected chi connectivity index (χ2v) is 8.40. The molecule has 1 spiro atoms. The lowest BCUT2D eigenvalue weighted by molar-refractivity contribution is -0.147. The van der Waals surface area contributed by atoms with E-state index in [1.54, 1.807) is 7.11 Å². The second kappa shape index (κ2) is 6.73. The molecule has 1 aromatic carbocycles. The topological polar surface area (TPSA) is 51.1 Å². The number of fused-ring (bicyclic) bond motifs is 1. The molecule has 150 valence electrons. The zero-order valence-corrected chi connectivity index (χ0v) is 17.3. The van der Waals surface area contributed by atoms with Crippen molar-refractivity contribution in [2.45, 2.75) is 57.4 Å². The Hall–Kier alpha value is -2.14. The van der Waals surface area contributed by atoms with E-state index >= 15 is 0 Å². The molecule has 0 radical (unpaired) electrons. The van der Waals surface area contributed by atoms with Gasteiger partial charge in [-0.05, 0) is 48.8 Å². The third-order valence-corrected chi connectivity index (χ3v) is 7.20. The van der Waals surface area contributed by atoms with Crippen LogP contribution in [0, 0.1) is 11.3 Å². The highest BCUT2D eigenvalue weighted by molar-refractivity contribution is 6.02. The quantitative estimate of drug-likeness (QED) is 0.719. The Kier molecular flexibility index (Phi) is 4.61. The average Bonchev–Trinajstić information content (AvgIpc) is 3.13. The van der Waals surface area contributed by atoms with Gasteiger partial charge >= 0.3 is 0 Å².